The molecule has 0 bridgehead atoms. The maximum absolute atomic E-state index is 10.7. The van der Waals surface area contributed by atoms with Gasteiger partial charge in [-0.15, -0.1) is 0 Å². The van der Waals surface area contributed by atoms with Gasteiger partial charge >= 0.3 is 0 Å². The zero-order valence-electron chi connectivity index (χ0n) is 7.08. The van der Waals surface area contributed by atoms with Crippen LogP contribution in [0.25, 0.3) is 0 Å². The Hall–Kier alpha value is 0.0700. The molecule has 66 valence electrons. The quantitative estimate of drug-likeness (QED) is 0.611. The molecule has 1 saturated heterocycles. The Bertz CT molecular complexity index is 143. The summed E-state index contributed by atoms with van der Waals surface area (Å²) in [6.07, 6.45) is 3.82. The van der Waals surface area contributed by atoms with Gasteiger partial charge in [0.05, 0.1) is 6.10 Å². The maximum atomic E-state index is 10.7. The molecule has 4 heteroatoms. The van der Waals surface area contributed by atoms with Gasteiger partial charge in [-0.1, -0.05) is 0 Å². The van der Waals surface area contributed by atoms with Crippen LogP contribution in [-0.2, 0) is 15.3 Å². The first kappa shape index (κ1) is 9.16. The van der Waals surface area contributed by atoms with Crippen molar-refractivity contribution in [3.63, 3.8) is 0 Å². The van der Waals surface area contributed by atoms with Crippen molar-refractivity contribution in [2.75, 3.05) is 26.4 Å². The fraction of sp³-hybridized carbons (Fsp3) is 1.00. The van der Waals surface area contributed by atoms with Crippen LogP contribution in [0.1, 0.15) is 12.8 Å². The highest BCUT2D eigenvalue weighted by atomic mass is 32.2. The molecule has 1 atom stereocenters. The molecule has 1 heterocycles. The van der Waals surface area contributed by atoms with Crippen LogP contribution < -0.4 is 0 Å². The fourth-order valence-electron chi connectivity index (χ4n) is 1.27. The zero-order valence-corrected chi connectivity index (χ0v) is 7.89. The molecule has 0 spiro atoms. The fourth-order valence-corrected chi connectivity index (χ4v) is 1.85. The van der Waals surface area contributed by atoms with Crippen molar-refractivity contribution in [3.8, 4) is 0 Å². The summed E-state index contributed by atoms with van der Waals surface area (Å²) in [5, 5.41) is 0. The van der Waals surface area contributed by atoms with Crippen molar-refractivity contribution in [2.45, 2.75) is 18.9 Å². The summed E-state index contributed by atoms with van der Waals surface area (Å²) in [4.78, 5) is 2.26. The van der Waals surface area contributed by atoms with Gasteiger partial charge in [0.2, 0.25) is 0 Å². The molecule has 11 heavy (non-hydrogen) atoms. The average Bonchev–Trinajstić information content (AvgIpc) is 1.93. The molecular weight excluding hydrogens is 162 g/mol. The first-order valence-corrected chi connectivity index (χ1v) is 5.36. The van der Waals surface area contributed by atoms with Crippen molar-refractivity contribution in [3.05, 3.63) is 0 Å². The largest absolute Gasteiger partial charge is 0.306 e. The molecule has 0 saturated carbocycles. The van der Waals surface area contributed by atoms with Crippen molar-refractivity contribution < 1.29 is 8.39 Å². The first-order chi connectivity index (χ1) is 5.18. The summed E-state index contributed by atoms with van der Waals surface area (Å²) in [6, 6.07) is 0. The number of nitrogens with zero attached hydrogens (tertiary/aromatic N) is 1. The lowest BCUT2D eigenvalue weighted by molar-refractivity contribution is 0.128. The Morgan fingerprint density at radius 1 is 1.45 bits per heavy atom. The smallest absolute Gasteiger partial charge is 0.152 e. The number of rotatable bonds is 2. The lowest BCUT2D eigenvalue weighted by atomic mass is 10.1. The second kappa shape index (κ2) is 4.18. The molecule has 1 aliphatic heterocycles. The van der Waals surface area contributed by atoms with Gasteiger partial charge in [-0.25, -0.2) is 4.21 Å². The normalized spacial score (nSPS) is 25.3. The summed E-state index contributed by atoms with van der Waals surface area (Å²) in [7, 11) is 2.10. The molecule has 0 aromatic rings. The SMILES string of the molecule is CN1CCC(OS(C)=O)CC1. The zero-order chi connectivity index (χ0) is 8.27. The van der Waals surface area contributed by atoms with E-state index in [2.05, 4.69) is 11.9 Å². The molecule has 1 aliphatic rings. The Balaban J connectivity index is 2.22. The highest BCUT2D eigenvalue weighted by Gasteiger charge is 2.17. The Morgan fingerprint density at radius 3 is 2.45 bits per heavy atom. The molecular formula is C7H15NO2S. The van der Waals surface area contributed by atoms with Crippen LogP contribution in [0.2, 0.25) is 0 Å². The van der Waals surface area contributed by atoms with Crippen LogP contribution in [0.15, 0.2) is 0 Å². The van der Waals surface area contributed by atoms with Gasteiger partial charge in [-0.2, -0.15) is 0 Å². The van der Waals surface area contributed by atoms with E-state index in [1.54, 1.807) is 6.26 Å². The number of hydrogen-bond acceptors (Lipinski definition) is 3. The molecule has 0 amide bonds. The van der Waals surface area contributed by atoms with Crippen LogP contribution in [0, 0.1) is 0 Å². The molecule has 1 fully saturated rings. The van der Waals surface area contributed by atoms with Crippen molar-refractivity contribution in [2.24, 2.45) is 0 Å². The van der Waals surface area contributed by atoms with E-state index in [0.29, 0.717) is 0 Å². The summed E-state index contributed by atoms with van der Waals surface area (Å²) >= 11 is -1.09. The Kier molecular flexibility index (Phi) is 3.48. The number of piperidine rings is 1. The van der Waals surface area contributed by atoms with E-state index in [1.807, 2.05) is 0 Å². The van der Waals surface area contributed by atoms with Crippen molar-refractivity contribution in [1.82, 2.24) is 4.90 Å². The molecule has 0 aromatic carbocycles. The van der Waals surface area contributed by atoms with E-state index in [-0.39, 0.29) is 6.10 Å². The van der Waals surface area contributed by atoms with E-state index < -0.39 is 11.1 Å². The minimum Gasteiger partial charge on any atom is -0.306 e. The summed E-state index contributed by atoms with van der Waals surface area (Å²) in [5.41, 5.74) is 0. The van der Waals surface area contributed by atoms with Crippen LogP contribution >= 0.6 is 0 Å². The van der Waals surface area contributed by atoms with Gasteiger partial charge in [-0.3, -0.25) is 4.18 Å². The Labute approximate surface area is 70.4 Å². The molecule has 0 radical (unpaired) electrons. The molecule has 1 rings (SSSR count). The minimum atomic E-state index is -1.09. The monoisotopic (exact) mass is 177 g/mol. The first-order valence-electron chi connectivity index (χ1n) is 3.87. The van der Waals surface area contributed by atoms with E-state index in [0.717, 1.165) is 25.9 Å². The summed E-state index contributed by atoms with van der Waals surface area (Å²) in [5.74, 6) is 0. The average molecular weight is 177 g/mol. The summed E-state index contributed by atoms with van der Waals surface area (Å²) in [6.45, 7) is 2.11. The molecule has 1 unspecified atom stereocenters. The second-order valence-electron chi connectivity index (χ2n) is 3.00. The molecule has 0 N–H and O–H groups in total. The van der Waals surface area contributed by atoms with E-state index in [1.165, 1.54) is 0 Å². The maximum Gasteiger partial charge on any atom is 0.152 e. The lowest BCUT2D eigenvalue weighted by Gasteiger charge is -2.27. The minimum absolute atomic E-state index is 0.219. The van der Waals surface area contributed by atoms with Crippen LogP contribution in [0.4, 0.5) is 0 Å². The van der Waals surface area contributed by atoms with Gasteiger partial charge in [0.15, 0.2) is 11.1 Å². The van der Waals surface area contributed by atoms with Gasteiger partial charge in [0, 0.05) is 19.3 Å². The van der Waals surface area contributed by atoms with E-state index >= 15 is 0 Å². The van der Waals surface area contributed by atoms with E-state index in [9.17, 15) is 4.21 Å². The topological polar surface area (TPSA) is 29.5 Å². The third-order valence-electron chi connectivity index (χ3n) is 1.94. The lowest BCUT2D eigenvalue weighted by Crippen LogP contribution is -2.34. The van der Waals surface area contributed by atoms with Crippen molar-refractivity contribution >= 4 is 11.1 Å². The van der Waals surface area contributed by atoms with Crippen LogP contribution in [-0.4, -0.2) is 41.6 Å². The predicted molar refractivity (Wildman–Crippen MR) is 45.7 cm³/mol. The standard InChI is InChI=1S/C7H15NO2S/c1-8-5-3-7(4-6-8)10-11(2)9/h7H,3-6H2,1-2H3. The van der Waals surface area contributed by atoms with Gasteiger partial charge in [0.1, 0.15) is 0 Å². The highest BCUT2D eigenvalue weighted by Crippen LogP contribution is 2.12. The third kappa shape index (κ3) is 3.31. The highest BCUT2D eigenvalue weighted by molar-refractivity contribution is 7.79. The number of hydrogen-bond donors (Lipinski definition) is 0. The molecule has 0 aromatic heterocycles. The van der Waals surface area contributed by atoms with Crippen molar-refractivity contribution in [1.29, 1.82) is 0 Å². The van der Waals surface area contributed by atoms with Crippen LogP contribution in [0.3, 0.4) is 0 Å². The van der Waals surface area contributed by atoms with E-state index in [4.69, 9.17) is 4.18 Å². The Morgan fingerprint density at radius 2 is 2.00 bits per heavy atom. The van der Waals surface area contributed by atoms with Gasteiger partial charge in [-0.05, 0) is 19.9 Å². The summed E-state index contributed by atoms with van der Waals surface area (Å²) < 4.78 is 15.9. The second-order valence-corrected chi connectivity index (χ2v) is 4.00. The number of likely N-dealkylation sites (tertiary alicyclic amines) is 1. The predicted octanol–water partition coefficient (Wildman–Crippen LogP) is 0.391. The third-order valence-corrected chi connectivity index (χ3v) is 2.48. The van der Waals surface area contributed by atoms with Crippen LogP contribution in [0.5, 0.6) is 0 Å². The van der Waals surface area contributed by atoms with Gasteiger partial charge in [0.25, 0.3) is 0 Å². The molecule has 3 nitrogen and oxygen atoms in total. The van der Waals surface area contributed by atoms with Gasteiger partial charge < -0.3 is 4.90 Å². The molecule has 0 aliphatic carbocycles.